The Morgan fingerprint density at radius 1 is 1.06 bits per heavy atom. The fourth-order valence-corrected chi connectivity index (χ4v) is 3.85. The lowest BCUT2D eigenvalue weighted by Crippen LogP contribution is -2.59. The first-order valence-electron chi connectivity index (χ1n) is 11.4. The third-order valence-electron chi connectivity index (χ3n) is 5.60. The van der Waals surface area contributed by atoms with Gasteiger partial charge in [-0.2, -0.15) is 0 Å². The zero-order valence-corrected chi connectivity index (χ0v) is 19.9. The lowest BCUT2D eigenvalue weighted by Gasteiger charge is -2.41. The zero-order valence-electron chi connectivity index (χ0n) is 19.9. The van der Waals surface area contributed by atoms with Crippen LogP contribution in [0.5, 0.6) is 5.75 Å². The van der Waals surface area contributed by atoms with Gasteiger partial charge in [0.25, 0.3) is 0 Å². The van der Waals surface area contributed by atoms with Gasteiger partial charge in [-0.05, 0) is 32.9 Å². The smallest absolute Gasteiger partial charge is 0.410 e. The lowest BCUT2D eigenvalue weighted by atomic mass is 10.1. The van der Waals surface area contributed by atoms with Gasteiger partial charge < -0.3 is 24.0 Å². The zero-order chi connectivity index (χ0) is 24.0. The van der Waals surface area contributed by atoms with Crippen molar-refractivity contribution in [2.75, 3.05) is 39.3 Å². The Labute approximate surface area is 194 Å². The van der Waals surface area contributed by atoms with Gasteiger partial charge in [-0.15, -0.1) is 0 Å². The maximum atomic E-state index is 13.0. The maximum Gasteiger partial charge on any atom is 0.410 e. The standard InChI is InChI=1S/C23H34N4O6/c1-17(28)25-10-7-19(8-11-25)32-22(30)27-13-12-26(21(29)33-23(2,3)4)15-18(27)16-31-20-6-5-9-24-14-20/h5-6,9,14,18-19H,7-8,10-13,15-16H2,1-4H3. The molecule has 2 aliphatic heterocycles. The average Bonchev–Trinajstić information content (AvgIpc) is 2.77. The third-order valence-corrected chi connectivity index (χ3v) is 5.60. The van der Waals surface area contributed by atoms with Crippen molar-refractivity contribution in [3.63, 3.8) is 0 Å². The molecular formula is C23H34N4O6. The summed E-state index contributed by atoms with van der Waals surface area (Å²) in [5, 5.41) is 0. The highest BCUT2D eigenvalue weighted by Gasteiger charge is 2.37. The predicted molar refractivity (Wildman–Crippen MR) is 120 cm³/mol. The number of ether oxygens (including phenoxy) is 3. The van der Waals surface area contributed by atoms with Crippen LogP contribution in [-0.4, -0.2) is 94.9 Å². The minimum Gasteiger partial charge on any atom is -0.490 e. The number of hydrogen-bond donors (Lipinski definition) is 0. The molecule has 1 aromatic rings. The summed E-state index contributed by atoms with van der Waals surface area (Å²) in [5.41, 5.74) is -0.608. The van der Waals surface area contributed by atoms with Crippen LogP contribution in [0.1, 0.15) is 40.5 Å². The van der Waals surface area contributed by atoms with Gasteiger partial charge in [0.1, 0.15) is 24.1 Å². The number of pyridine rings is 1. The molecule has 0 saturated carbocycles. The summed E-state index contributed by atoms with van der Waals surface area (Å²) in [6, 6.07) is 3.14. The summed E-state index contributed by atoms with van der Waals surface area (Å²) in [6.45, 7) is 9.26. The van der Waals surface area contributed by atoms with Crippen molar-refractivity contribution in [1.82, 2.24) is 19.7 Å². The molecule has 1 aromatic heterocycles. The number of rotatable bonds is 4. The molecule has 1 unspecified atom stereocenters. The summed E-state index contributed by atoms with van der Waals surface area (Å²) in [6.07, 6.45) is 3.38. The molecule has 10 nitrogen and oxygen atoms in total. The predicted octanol–water partition coefficient (Wildman–Crippen LogP) is 2.53. The summed E-state index contributed by atoms with van der Waals surface area (Å²) in [4.78, 5) is 46.2. The van der Waals surface area contributed by atoms with E-state index in [2.05, 4.69) is 4.98 Å². The monoisotopic (exact) mass is 462 g/mol. The number of aromatic nitrogens is 1. The number of hydrogen-bond acceptors (Lipinski definition) is 7. The molecule has 2 saturated heterocycles. The second kappa shape index (κ2) is 10.7. The molecule has 3 heterocycles. The minimum atomic E-state index is -0.608. The van der Waals surface area contributed by atoms with Crippen LogP contribution in [0.3, 0.4) is 0 Å². The Morgan fingerprint density at radius 2 is 1.79 bits per heavy atom. The normalized spacial score (nSPS) is 19.8. The lowest BCUT2D eigenvalue weighted by molar-refractivity contribution is -0.130. The number of nitrogens with zero attached hydrogens (tertiary/aromatic N) is 4. The van der Waals surface area contributed by atoms with E-state index in [1.807, 2.05) is 20.8 Å². The molecule has 2 aliphatic rings. The van der Waals surface area contributed by atoms with Crippen LogP contribution in [0.2, 0.25) is 0 Å². The van der Waals surface area contributed by atoms with Crippen molar-refractivity contribution in [2.45, 2.75) is 58.3 Å². The van der Waals surface area contributed by atoms with E-state index in [0.717, 1.165) is 0 Å². The highest BCUT2D eigenvalue weighted by Crippen LogP contribution is 2.20. The first kappa shape index (κ1) is 24.6. The third kappa shape index (κ3) is 7.23. The first-order valence-corrected chi connectivity index (χ1v) is 11.4. The Morgan fingerprint density at radius 3 is 2.39 bits per heavy atom. The minimum absolute atomic E-state index is 0.0330. The number of carbonyl (C=O) groups is 3. The highest BCUT2D eigenvalue weighted by atomic mass is 16.6. The van der Waals surface area contributed by atoms with Crippen LogP contribution in [-0.2, 0) is 14.3 Å². The largest absolute Gasteiger partial charge is 0.490 e. The van der Waals surface area contributed by atoms with E-state index in [9.17, 15) is 14.4 Å². The second-order valence-corrected chi connectivity index (χ2v) is 9.36. The molecule has 3 amide bonds. The van der Waals surface area contributed by atoms with Crippen LogP contribution in [0.25, 0.3) is 0 Å². The van der Waals surface area contributed by atoms with Gasteiger partial charge in [-0.1, -0.05) is 0 Å². The SMILES string of the molecule is CC(=O)N1CCC(OC(=O)N2CCN(C(=O)OC(C)(C)C)CC2COc2cccnc2)CC1. The molecule has 182 valence electrons. The van der Waals surface area contributed by atoms with Crippen LogP contribution < -0.4 is 4.74 Å². The number of piperazine rings is 1. The summed E-state index contributed by atoms with van der Waals surface area (Å²) in [7, 11) is 0. The number of likely N-dealkylation sites (tertiary alicyclic amines) is 1. The van der Waals surface area contributed by atoms with Crippen LogP contribution in [0.15, 0.2) is 24.5 Å². The average molecular weight is 463 g/mol. The van der Waals surface area contributed by atoms with Gasteiger partial charge in [0.05, 0.1) is 12.2 Å². The van der Waals surface area contributed by atoms with Crippen molar-refractivity contribution in [1.29, 1.82) is 0 Å². The Balaban J connectivity index is 1.63. The van der Waals surface area contributed by atoms with Gasteiger partial charge in [0, 0.05) is 58.7 Å². The number of amides is 3. The topological polar surface area (TPSA) is 102 Å². The van der Waals surface area contributed by atoms with E-state index in [1.165, 1.54) is 0 Å². The van der Waals surface area contributed by atoms with Crippen LogP contribution in [0, 0.1) is 0 Å². The molecule has 0 aliphatic carbocycles. The van der Waals surface area contributed by atoms with Gasteiger partial charge in [0.15, 0.2) is 0 Å². The number of piperidine rings is 1. The number of carbonyl (C=O) groups excluding carboxylic acids is 3. The summed E-state index contributed by atoms with van der Waals surface area (Å²) >= 11 is 0. The van der Waals surface area contributed by atoms with Crippen LogP contribution in [0.4, 0.5) is 9.59 Å². The van der Waals surface area contributed by atoms with Gasteiger partial charge in [-0.3, -0.25) is 14.7 Å². The molecular weight excluding hydrogens is 428 g/mol. The van der Waals surface area contributed by atoms with Gasteiger partial charge >= 0.3 is 12.2 Å². The van der Waals surface area contributed by atoms with Crippen molar-refractivity contribution in [3.8, 4) is 5.75 Å². The second-order valence-electron chi connectivity index (χ2n) is 9.36. The van der Waals surface area contributed by atoms with Crippen molar-refractivity contribution in [3.05, 3.63) is 24.5 Å². The summed E-state index contributed by atoms with van der Waals surface area (Å²) in [5.74, 6) is 0.613. The molecule has 0 aromatic carbocycles. The highest BCUT2D eigenvalue weighted by molar-refractivity contribution is 5.73. The molecule has 33 heavy (non-hydrogen) atoms. The van der Waals surface area contributed by atoms with E-state index in [4.69, 9.17) is 14.2 Å². The quantitative estimate of drug-likeness (QED) is 0.678. The van der Waals surface area contributed by atoms with Crippen molar-refractivity contribution < 1.29 is 28.6 Å². The van der Waals surface area contributed by atoms with Gasteiger partial charge in [0.2, 0.25) is 5.91 Å². The fraction of sp³-hybridized carbons (Fsp3) is 0.652. The molecule has 10 heteroatoms. The Hall–Kier alpha value is -3.04. The Kier molecular flexibility index (Phi) is 7.99. The van der Waals surface area contributed by atoms with E-state index in [1.54, 1.807) is 46.1 Å². The maximum absolute atomic E-state index is 13.0. The molecule has 0 radical (unpaired) electrons. The van der Waals surface area contributed by atoms with Crippen LogP contribution >= 0.6 is 0 Å². The fourth-order valence-electron chi connectivity index (χ4n) is 3.85. The molecule has 0 spiro atoms. The van der Waals surface area contributed by atoms with E-state index in [-0.39, 0.29) is 25.2 Å². The molecule has 1 atom stereocenters. The first-order chi connectivity index (χ1) is 15.6. The van der Waals surface area contributed by atoms with Gasteiger partial charge in [-0.25, -0.2) is 9.59 Å². The van der Waals surface area contributed by atoms with Crippen molar-refractivity contribution in [2.24, 2.45) is 0 Å². The van der Waals surface area contributed by atoms with E-state index >= 15 is 0 Å². The van der Waals surface area contributed by atoms with E-state index < -0.39 is 23.8 Å². The molecule has 2 fully saturated rings. The molecule has 0 N–H and O–H groups in total. The molecule has 3 rings (SSSR count). The Bertz CT molecular complexity index is 820. The molecule has 0 bridgehead atoms. The van der Waals surface area contributed by atoms with Crippen molar-refractivity contribution >= 4 is 18.1 Å². The summed E-state index contributed by atoms with van der Waals surface area (Å²) < 4.78 is 17.1. The van der Waals surface area contributed by atoms with E-state index in [0.29, 0.717) is 44.8 Å².